The molecule has 1 aliphatic carbocycles. The standard InChI is InChI=1S/C18H29N3/c1-4-12-19-18(16-10-8-6-5-7-9-11-16)17-13-14(2)20-21-15(17)3/h10,13,18-19H,4-9,11-12H2,1-3H3/b16-10+. The molecule has 116 valence electrons. The van der Waals surface area contributed by atoms with E-state index < -0.39 is 0 Å². The third-order valence-electron chi connectivity index (χ3n) is 4.25. The van der Waals surface area contributed by atoms with E-state index in [0.717, 1.165) is 24.4 Å². The number of aryl methyl sites for hydroxylation is 2. The zero-order chi connectivity index (χ0) is 15.1. The van der Waals surface area contributed by atoms with E-state index in [1.54, 1.807) is 5.57 Å². The predicted molar refractivity (Wildman–Crippen MR) is 88.3 cm³/mol. The Kier molecular flexibility index (Phi) is 6.37. The van der Waals surface area contributed by atoms with Gasteiger partial charge in [0.2, 0.25) is 0 Å². The van der Waals surface area contributed by atoms with Gasteiger partial charge in [0.15, 0.2) is 0 Å². The Morgan fingerprint density at radius 2 is 1.95 bits per heavy atom. The number of allylic oxidation sites excluding steroid dienone is 1. The maximum Gasteiger partial charge on any atom is 0.0651 e. The summed E-state index contributed by atoms with van der Waals surface area (Å²) in [5, 5.41) is 12.2. The predicted octanol–water partition coefficient (Wildman–Crippen LogP) is 4.41. The van der Waals surface area contributed by atoms with Crippen LogP contribution in [0.25, 0.3) is 0 Å². The molecular formula is C18H29N3. The summed E-state index contributed by atoms with van der Waals surface area (Å²) in [6.07, 6.45) is 11.4. The zero-order valence-corrected chi connectivity index (χ0v) is 13.8. The van der Waals surface area contributed by atoms with Crippen molar-refractivity contribution in [3.63, 3.8) is 0 Å². The van der Waals surface area contributed by atoms with Crippen molar-refractivity contribution in [1.29, 1.82) is 0 Å². The molecule has 0 aromatic carbocycles. The number of nitrogens with zero attached hydrogens (tertiary/aromatic N) is 2. The summed E-state index contributed by atoms with van der Waals surface area (Å²) < 4.78 is 0. The van der Waals surface area contributed by atoms with E-state index in [1.807, 2.05) is 6.92 Å². The molecule has 0 aliphatic heterocycles. The highest BCUT2D eigenvalue weighted by Gasteiger charge is 2.19. The molecule has 2 rings (SSSR count). The van der Waals surface area contributed by atoms with Crippen molar-refractivity contribution in [3.8, 4) is 0 Å². The topological polar surface area (TPSA) is 37.8 Å². The summed E-state index contributed by atoms with van der Waals surface area (Å²) >= 11 is 0. The summed E-state index contributed by atoms with van der Waals surface area (Å²) in [6.45, 7) is 7.37. The summed E-state index contributed by atoms with van der Waals surface area (Å²) in [5.41, 5.74) is 4.92. The van der Waals surface area contributed by atoms with Crippen molar-refractivity contribution >= 4 is 0 Å². The maximum atomic E-state index is 4.33. The molecule has 0 bridgehead atoms. The van der Waals surface area contributed by atoms with Crippen molar-refractivity contribution in [2.45, 2.75) is 71.8 Å². The van der Waals surface area contributed by atoms with Gasteiger partial charge in [0, 0.05) is 0 Å². The maximum absolute atomic E-state index is 4.33. The van der Waals surface area contributed by atoms with E-state index in [0.29, 0.717) is 6.04 Å². The second kappa shape index (κ2) is 8.28. The number of hydrogen-bond donors (Lipinski definition) is 1. The van der Waals surface area contributed by atoms with Crippen molar-refractivity contribution in [2.24, 2.45) is 0 Å². The van der Waals surface area contributed by atoms with Gasteiger partial charge in [-0.05, 0) is 64.1 Å². The van der Waals surface area contributed by atoms with Gasteiger partial charge in [-0.3, -0.25) is 0 Å². The Bertz CT molecular complexity index is 479. The lowest BCUT2D eigenvalue weighted by molar-refractivity contribution is 0.536. The van der Waals surface area contributed by atoms with Crippen LogP contribution in [0.1, 0.15) is 74.9 Å². The second-order valence-corrected chi connectivity index (χ2v) is 6.15. The van der Waals surface area contributed by atoms with Crippen LogP contribution >= 0.6 is 0 Å². The van der Waals surface area contributed by atoms with Crippen LogP contribution in [0.4, 0.5) is 0 Å². The summed E-state index contributed by atoms with van der Waals surface area (Å²) in [7, 11) is 0. The number of aromatic nitrogens is 2. The first kappa shape index (κ1) is 16.2. The molecule has 21 heavy (non-hydrogen) atoms. The molecule has 1 heterocycles. The SMILES string of the molecule is CCCNC(/C1=C/CCCCCC1)c1cc(C)nnc1C. The van der Waals surface area contributed by atoms with Crippen molar-refractivity contribution in [2.75, 3.05) is 6.54 Å². The zero-order valence-electron chi connectivity index (χ0n) is 13.8. The molecule has 0 saturated carbocycles. The van der Waals surface area contributed by atoms with Gasteiger partial charge in [0.1, 0.15) is 0 Å². The molecule has 0 fully saturated rings. The minimum atomic E-state index is 0.317. The lowest BCUT2D eigenvalue weighted by Crippen LogP contribution is -2.25. The van der Waals surface area contributed by atoms with Crippen LogP contribution in [-0.4, -0.2) is 16.7 Å². The van der Waals surface area contributed by atoms with Crippen LogP contribution in [-0.2, 0) is 0 Å². The van der Waals surface area contributed by atoms with Crippen LogP contribution < -0.4 is 5.32 Å². The molecule has 1 atom stereocenters. The fourth-order valence-electron chi connectivity index (χ4n) is 3.07. The monoisotopic (exact) mass is 287 g/mol. The van der Waals surface area contributed by atoms with E-state index in [4.69, 9.17) is 0 Å². The minimum absolute atomic E-state index is 0.317. The first-order chi connectivity index (χ1) is 10.2. The number of rotatable bonds is 5. The van der Waals surface area contributed by atoms with E-state index in [-0.39, 0.29) is 0 Å². The van der Waals surface area contributed by atoms with Crippen LogP contribution in [0, 0.1) is 13.8 Å². The van der Waals surface area contributed by atoms with E-state index >= 15 is 0 Å². The van der Waals surface area contributed by atoms with Crippen molar-refractivity contribution in [3.05, 3.63) is 34.7 Å². The molecule has 0 saturated heterocycles. The number of nitrogens with one attached hydrogen (secondary N) is 1. The smallest absolute Gasteiger partial charge is 0.0651 e. The quantitative estimate of drug-likeness (QED) is 0.815. The highest BCUT2D eigenvalue weighted by atomic mass is 15.1. The molecular weight excluding hydrogens is 258 g/mol. The molecule has 3 heteroatoms. The lowest BCUT2D eigenvalue weighted by Gasteiger charge is -2.25. The van der Waals surface area contributed by atoms with Crippen molar-refractivity contribution < 1.29 is 0 Å². The minimum Gasteiger partial charge on any atom is -0.306 e. The Labute approximate surface area is 129 Å². The largest absolute Gasteiger partial charge is 0.306 e. The molecule has 3 nitrogen and oxygen atoms in total. The summed E-state index contributed by atoms with van der Waals surface area (Å²) in [5.74, 6) is 0. The van der Waals surface area contributed by atoms with Gasteiger partial charge in [-0.2, -0.15) is 10.2 Å². The lowest BCUT2D eigenvalue weighted by atomic mass is 9.90. The van der Waals surface area contributed by atoms with Gasteiger partial charge in [-0.15, -0.1) is 0 Å². The Morgan fingerprint density at radius 3 is 2.76 bits per heavy atom. The second-order valence-electron chi connectivity index (χ2n) is 6.15. The van der Waals surface area contributed by atoms with Crippen LogP contribution in [0.5, 0.6) is 0 Å². The third-order valence-corrected chi connectivity index (χ3v) is 4.25. The average molecular weight is 287 g/mol. The molecule has 0 radical (unpaired) electrons. The van der Waals surface area contributed by atoms with Crippen LogP contribution in [0.2, 0.25) is 0 Å². The Morgan fingerprint density at radius 1 is 1.14 bits per heavy atom. The fraction of sp³-hybridized carbons (Fsp3) is 0.667. The molecule has 1 aromatic heterocycles. The average Bonchev–Trinajstić information content (AvgIpc) is 2.44. The van der Waals surface area contributed by atoms with Crippen LogP contribution in [0.15, 0.2) is 17.7 Å². The summed E-state index contributed by atoms with van der Waals surface area (Å²) in [4.78, 5) is 0. The highest BCUT2D eigenvalue weighted by molar-refractivity contribution is 5.31. The van der Waals surface area contributed by atoms with Gasteiger partial charge >= 0.3 is 0 Å². The summed E-state index contributed by atoms with van der Waals surface area (Å²) in [6, 6.07) is 2.52. The molecule has 1 N–H and O–H groups in total. The first-order valence-corrected chi connectivity index (χ1v) is 8.45. The Hall–Kier alpha value is -1.22. The highest BCUT2D eigenvalue weighted by Crippen LogP contribution is 2.30. The number of hydrogen-bond acceptors (Lipinski definition) is 3. The van der Waals surface area contributed by atoms with Gasteiger partial charge in [-0.25, -0.2) is 0 Å². The van der Waals surface area contributed by atoms with Gasteiger partial charge in [-0.1, -0.05) is 31.4 Å². The molecule has 0 amide bonds. The molecule has 0 spiro atoms. The van der Waals surface area contributed by atoms with E-state index in [9.17, 15) is 0 Å². The molecule has 1 aromatic rings. The normalized spacial score (nSPS) is 20.2. The first-order valence-electron chi connectivity index (χ1n) is 8.45. The van der Waals surface area contributed by atoms with Crippen molar-refractivity contribution in [1.82, 2.24) is 15.5 Å². The van der Waals surface area contributed by atoms with Crippen LogP contribution in [0.3, 0.4) is 0 Å². The van der Waals surface area contributed by atoms with E-state index in [1.165, 1.54) is 44.1 Å². The van der Waals surface area contributed by atoms with Gasteiger partial charge < -0.3 is 5.32 Å². The molecule has 1 unspecified atom stereocenters. The van der Waals surface area contributed by atoms with E-state index in [2.05, 4.69) is 41.5 Å². The Balaban J connectivity index is 2.29. The van der Waals surface area contributed by atoms with Gasteiger partial charge in [0.05, 0.1) is 17.4 Å². The third kappa shape index (κ3) is 4.63. The van der Waals surface area contributed by atoms with Gasteiger partial charge in [0.25, 0.3) is 0 Å². The molecule has 1 aliphatic rings. The fourth-order valence-corrected chi connectivity index (χ4v) is 3.07.